The van der Waals surface area contributed by atoms with Gasteiger partial charge in [-0.05, 0) is 175 Å². The molecule has 0 nitrogen and oxygen atoms in total. The quantitative estimate of drug-likeness (QED) is 0.0509. The van der Waals surface area contributed by atoms with Crippen molar-refractivity contribution in [2.45, 2.75) is 388 Å². The Hall–Kier alpha value is -2.34. The van der Waals surface area contributed by atoms with Crippen molar-refractivity contribution in [1.82, 2.24) is 0 Å². The van der Waals surface area contributed by atoms with Gasteiger partial charge < -0.3 is 0 Å². The molecule has 6 aliphatic rings. The van der Waals surface area contributed by atoms with E-state index in [0.29, 0.717) is 0 Å². The van der Waals surface area contributed by atoms with Crippen molar-refractivity contribution in [1.29, 1.82) is 0 Å². The fourth-order valence-electron chi connectivity index (χ4n) is 19.0. The Bertz CT molecular complexity index is 2110. The van der Waals surface area contributed by atoms with Crippen LogP contribution in [0, 0.1) is 71.0 Å². The molecule has 0 heterocycles. The number of benzene rings is 3. The summed E-state index contributed by atoms with van der Waals surface area (Å²) in [7, 11) is 0. The van der Waals surface area contributed by atoms with Crippen LogP contribution < -0.4 is 0 Å². The van der Waals surface area contributed by atoms with Crippen molar-refractivity contribution < 1.29 is 0 Å². The summed E-state index contributed by atoms with van der Waals surface area (Å²) in [4.78, 5) is 0. The van der Waals surface area contributed by atoms with Gasteiger partial charge in [0.1, 0.15) is 0 Å². The van der Waals surface area contributed by atoms with E-state index < -0.39 is 0 Å². The molecule has 0 atom stereocenters. The van der Waals surface area contributed by atoms with Crippen molar-refractivity contribution >= 4 is 0 Å². The lowest BCUT2D eigenvalue weighted by atomic mass is 9.74. The van der Waals surface area contributed by atoms with Crippen LogP contribution in [0.5, 0.6) is 0 Å². The molecule has 90 heavy (non-hydrogen) atoms. The summed E-state index contributed by atoms with van der Waals surface area (Å²) in [5.41, 5.74) is 9.28. The van der Waals surface area contributed by atoms with Crippen molar-refractivity contribution in [3.63, 3.8) is 0 Å². The van der Waals surface area contributed by atoms with Gasteiger partial charge in [-0.1, -0.05) is 390 Å². The first-order valence-electron chi connectivity index (χ1n) is 41.5. The summed E-state index contributed by atoms with van der Waals surface area (Å²) in [5.74, 6) is 12.6. The molecule has 0 aromatic heterocycles. The second-order valence-electron chi connectivity index (χ2n) is 32.9. The van der Waals surface area contributed by atoms with E-state index in [9.17, 15) is 0 Å². The zero-order chi connectivity index (χ0) is 63.1. The lowest BCUT2D eigenvalue weighted by Crippen LogP contribution is -2.18. The molecule has 0 heteroatoms. The van der Waals surface area contributed by atoms with Crippen LogP contribution in [0.1, 0.15) is 383 Å². The van der Waals surface area contributed by atoms with Gasteiger partial charge in [-0.15, -0.1) is 0 Å². The van der Waals surface area contributed by atoms with Crippen LogP contribution in [0.25, 0.3) is 0 Å². The van der Waals surface area contributed by atoms with Gasteiger partial charge in [0.05, 0.1) is 0 Å². The molecule has 0 saturated heterocycles. The van der Waals surface area contributed by atoms with Crippen LogP contribution >= 0.6 is 0 Å². The molecule has 0 bridgehead atoms. The Morgan fingerprint density at radius 1 is 0.167 bits per heavy atom. The largest absolute Gasteiger partial charge is 0.0654 e. The highest BCUT2D eigenvalue weighted by Gasteiger charge is 2.28. The summed E-state index contributed by atoms with van der Waals surface area (Å²) < 4.78 is 0. The van der Waals surface area contributed by atoms with Gasteiger partial charge in [-0.2, -0.15) is 0 Å². The average Bonchev–Trinajstić information content (AvgIpc) is 3.79. The van der Waals surface area contributed by atoms with Gasteiger partial charge in [0.25, 0.3) is 0 Å². The predicted octanol–water partition coefficient (Wildman–Crippen LogP) is 28.6. The van der Waals surface area contributed by atoms with E-state index in [1.165, 1.54) is 345 Å². The molecule has 6 saturated carbocycles. The Balaban J connectivity index is 0.000000192. The second-order valence-corrected chi connectivity index (χ2v) is 32.9. The normalized spacial score (nSPS) is 27.3. The molecule has 0 spiro atoms. The predicted molar refractivity (Wildman–Crippen MR) is 399 cm³/mol. The first kappa shape index (κ1) is 75.0. The maximum absolute atomic E-state index is 2.42. The molecule has 6 fully saturated rings. The molecule has 510 valence electrons. The third-order valence-electron chi connectivity index (χ3n) is 25.6. The van der Waals surface area contributed by atoms with Gasteiger partial charge in [0.2, 0.25) is 0 Å². The first-order valence-corrected chi connectivity index (χ1v) is 41.5. The molecule has 0 N–H and O–H groups in total. The minimum Gasteiger partial charge on any atom is -0.0654 e. The minimum atomic E-state index is 0.994. The zero-order valence-electron chi connectivity index (χ0n) is 61.0. The molecule has 0 amide bonds. The van der Waals surface area contributed by atoms with Crippen molar-refractivity contribution in [2.24, 2.45) is 71.0 Å². The Morgan fingerprint density at radius 3 is 0.567 bits per heavy atom. The number of aryl methyl sites for hydroxylation is 6. The highest BCUT2D eigenvalue weighted by atomic mass is 14.3. The van der Waals surface area contributed by atoms with Crippen LogP contribution in [-0.2, 0) is 38.5 Å². The molecule has 0 radical (unpaired) electrons. The van der Waals surface area contributed by atoms with E-state index in [1.54, 1.807) is 35.1 Å². The third-order valence-corrected chi connectivity index (χ3v) is 25.6. The van der Waals surface area contributed by atoms with Crippen molar-refractivity contribution in [3.05, 3.63) is 106 Å². The molecule has 6 aliphatic carbocycles. The van der Waals surface area contributed by atoms with E-state index in [1.807, 2.05) is 0 Å². The van der Waals surface area contributed by atoms with Gasteiger partial charge in [0.15, 0.2) is 0 Å². The Labute approximate surface area is 562 Å². The summed E-state index contributed by atoms with van der Waals surface area (Å²) in [6.07, 6.45) is 78.6. The average molecular weight is 1230 g/mol. The summed E-state index contributed by atoms with van der Waals surface area (Å²) in [6, 6.07) is 28.7. The maximum atomic E-state index is 2.42. The first-order chi connectivity index (χ1) is 44.3. The van der Waals surface area contributed by atoms with E-state index in [2.05, 4.69) is 114 Å². The zero-order valence-corrected chi connectivity index (χ0v) is 61.0. The molecular weight excluding hydrogens is 1080 g/mol. The topological polar surface area (TPSA) is 0 Å². The van der Waals surface area contributed by atoms with Gasteiger partial charge >= 0.3 is 0 Å². The van der Waals surface area contributed by atoms with E-state index >= 15 is 0 Å². The highest BCUT2D eigenvalue weighted by Crippen LogP contribution is 2.42. The van der Waals surface area contributed by atoms with Crippen LogP contribution in [0.4, 0.5) is 0 Å². The summed E-state index contributed by atoms with van der Waals surface area (Å²) in [5, 5.41) is 0. The van der Waals surface area contributed by atoms with E-state index in [0.717, 1.165) is 71.0 Å². The maximum Gasteiger partial charge on any atom is -0.0276 e. The Kier molecular flexibility index (Phi) is 38.3. The number of unbranched alkanes of at least 4 members (excludes halogenated alkanes) is 6. The number of hydrogen-bond donors (Lipinski definition) is 0. The van der Waals surface area contributed by atoms with Crippen molar-refractivity contribution in [3.8, 4) is 0 Å². The SMILES string of the molecule is CCCCCCCc1ccc(CC[C@H]2CC[C@H](CC[C@H]3CC[C@H](CCC)CC3)CC2)cc1.CCCCCc1ccc(CC[C@H]2CC[C@H](CC[C@H]3CC[C@H](CCC)CC3)CC2)cc1.CCCc1ccc(CC[C@H]2CC[C@H](CC[C@H]3CC[C@H](CCC)CC3)CC2)cc1. The minimum absolute atomic E-state index is 0.994. The third kappa shape index (κ3) is 30.6. The van der Waals surface area contributed by atoms with Crippen molar-refractivity contribution in [2.75, 3.05) is 0 Å². The fraction of sp³-hybridized carbons (Fsp3) is 0.800. The molecular formula is C90H150. The van der Waals surface area contributed by atoms with E-state index in [-0.39, 0.29) is 0 Å². The Morgan fingerprint density at radius 2 is 0.344 bits per heavy atom. The summed E-state index contributed by atoms with van der Waals surface area (Å²) in [6.45, 7) is 13.9. The highest BCUT2D eigenvalue weighted by molar-refractivity contribution is 5.25. The summed E-state index contributed by atoms with van der Waals surface area (Å²) >= 11 is 0. The number of rotatable bonds is 36. The van der Waals surface area contributed by atoms with Gasteiger partial charge in [-0.3, -0.25) is 0 Å². The smallest absolute Gasteiger partial charge is 0.0276 e. The molecule has 3 aromatic rings. The lowest BCUT2D eigenvalue weighted by Gasteiger charge is -2.32. The van der Waals surface area contributed by atoms with Gasteiger partial charge in [0, 0.05) is 0 Å². The van der Waals surface area contributed by atoms with Crippen LogP contribution in [-0.4, -0.2) is 0 Å². The monoisotopic (exact) mass is 1230 g/mol. The van der Waals surface area contributed by atoms with Crippen LogP contribution in [0.15, 0.2) is 72.8 Å². The van der Waals surface area contributed by atoms with Crippen LogP contribution in [0.2, 0.25) is 0 Å². The fourth-order valence-corrected chi connectivity index (χ4v) is 19.0. The molecule has 0 aliphatic heterocycles. The molecule has 3 aromatic carbocycles. The lowest BCUT2D eigenvalue weighted by molar-refractivity contribution is 0.209. The standard InChI is InChI=1S/C32H54.C30H50.C28H46/c1-3-5-6-7-8-10-28-13-17-30(18-14-28)20-22-32-25-23-31(24-26-32)21-19-29-15-11-27(9-4-2)12-16-29;1-3-5-6-8-26-11-15-28(16-12-26)18-20-30-23-21-29(22-24-30)19-17-27-13-9-25(7-4-2)10-14-27;1-3-5-23-7-11-25(12-8-23)15-17-27-19-21-28(22-20-27)18-16-26-13-9-24(6-4-2)10-14-26/h13-14,17-18,27,29,31-32H,3-12,15-16,19-26H2,1-2H3;11-12,15-16,25,27,29-30H,3-10,13-14,17-24H2,1-2H3;7-8,11-12,24,26-28H,3-6,9-10,13-22H2,1-2H3/t27-,29-,31-,32-;25-,27-,29-,30-;24-,26-,27-,28-. The molecule has 9 rings (SSSR count). The van der Waals surface area contributed by atoms with Crippen LogP contribution in [0.3, 0.4) is 0 Å². The van der Waals surface area contributed by atoms with Gasteiger partial charge in [-0.25, -0.2) is 0 Å². The van der Waals surface area contributed by atoms with E-state index in [4.69, 9.17) is 0 Å². The molecule has 0 unspecified atom stereocenters. The second kappa shape index (κ2) is 45.9. The number of hydrogen-bond acceptors (Lipinski definition) is 0.